The molecule has 1 amide bonds. The second-order valence-electron chi connectivity index (χ2n) is 4.83. The largest absolute Gasteiger partial charge is 0.370 e. The van der Waals surface area contributed by atoms with Crippen molar-refractivity contribution in [1.82, 2.24) is 14.9 Å². The highest BCUT2D eigenvalue weighted by atomic mass is 16.2. The highest BCUT2D eigenvalue weighted by Crippen LogP contribution is 2.23. The van der Waals surface area contributed by atoms with E-state index in [-0.39, 0.29) is 5.91 Å². The van der Waals surface area contributed by atoms with Gasteiger partial charge < -0.3 is 15.1 Å². The van der Waals surface area contributed by atoms with E-state index in [2.05, 4.69) is 22.2 Å². The topological polar surface area (TPSA) is 61.4 Å². The summed E-state index contributed by atoms with van der Waals surface area (Å²) in [5.41, 5.74) is 1.01. The summed E-state index contributed by atoms with van der Waals surface area (Å²) in [4.78, 5) is 24.1. The van der Waals surface area contributed by atoms with Gasteiger partial charge in [0.2, 0.25) is 5.91 Å². The van der Waals surface area contributed by atoms with Gasteiger partial charge in [0.25, 0.3) is 0 Å². The molecule has 1 fully saturated rings. The second kappa shape index (κ2) is 5.86. The average Bonchev–Trinajstić information content (AvgIpc) is 2.41. The normalized spacial score (nSPS) is 15.8. The molecule has 1 aromatic rings. The van der Waals surface area contributed by atoms with E-state index < -0.39 is 0 Å². The molecule has 0 radical (unpaired) electrons. The molecule has 1 saturated heterocycles. The minimum absolute atomic E-state index is 0.132. The number of hydrogen-bond donors (Lipinski definition) is 1. The lowest BCUT2D eigenvalue weighted by Crippen LogP contribution is -2.49. The zero-order valence-corrected chi connectivity index (χ0v) is 11.8. The van der Waals surface area contributed by atoms with Gasteiger partial charge in [0.1, 0.15) is 18.0 Å². The number of nitrogens with zero attached hydrogens (tertiary/aromatic N) is 4. The summed E-state index contributed by atoms with van der Waals surface area (Å²) in [6, 6.07) is 0. The van der Waals surface area contributed by atoms with Crippen molar-refractivity contribution < 1.29 is 4.79 Å². The number of carbonyl (C=O) groups is 1. The fraction of sp³-hybridized carbons (Fsp3) is 0.615. The van der Waals surface area contributed by atoms with Crippen LogP contribution in [0.3, 0.4) is 0 Å². The summed E-state index contributed by atoms with van der Waals surface area (Å²) >= 11 is 0. The van der Waals surface area contributed by atoms with Gasteiger partial charge in [-0.1, -0.05) is 6.92 Å². The summed E-state index contributed by atoms with van der Waals surface area (Å²) in [6.07, 6.45) is 2.61. The molecule has 6 heteroatoms. The molecule has 1 aromatic heterocycles. The molecule has 1 aliphatic rings. The molecule has 0 aliphatic carbocycles. The van der Waals surface area contributed by atoms with Crippen molar-refractivity contribution in [2.24, 2.45) is 0 Å². The average molecular weight is 263 g/mol. The van der Waals surface area contributed by atoms with Crippen LogP contribution in [0, 0.1) is 6.92 Å². The Kier molecular flexibility index (Phi) is 4.19. The molecular weight excluding hydrogens is 242 g/mol. The van der Waals surface area contributed by atoms with Crippen molar-refractivity contribution in [1.29, 1.82) is 0 Å². The van der Waals surface area contributed by atoms with Gasteiger partial charge in [0.15, 0.2) is 0 Å². The smallest absolute Gasteiger partial charge is 0.241 e. The Bertz CT molecular complexity index is 462. The van der Waals surface area contributed by atoms with Gasteiger partial charge in [-0.25, -0.2) is 9.97 Å². The lowest BCUT2D eigenvalue weighted by atomic mass is 10.2. The van der Waals surface area contributed by atoms with E-state index in [0.717, 1.165) is 43.3 Å². The van der Waals surface area contributed by atoms with E-state index >= 15 is 0 Å². The number of nitrogens with one attached hydrogen (secondary N) is 1. The highest BCUT2D eigenvalue weighted by molar-refractivity contribution is 5.82. The van der Waals surface area contributed by atoms with Crippen molar-refractivity contribution in [2.75, 3.05) is 43.4 Å². The van der Waals surface area contributed by atoms with Crippen LogP contribution in [0.25, 0.3) is 0 Å². The van der Waals surface area contributed by atoms with E-state index in [4.69, 9.17) is 0 Å². The number of aromatic nitrogens is 2. The molecule has 6 nitrogen and oxygen atoms in total. The predicted molar refractivity (Wildman–Crippen MR) is 75.4 cm³/mol. The van der Waals surface area contributed by atoms with Gasteiger partial charge in [-0.2, -0.15) is 0 Å². The van der Waals surface area contributed by atoms with Gasteiger partial charge in [0, 0.05) is 32.2 Å². The summed E-state index contributed by atoms with van der Waals surface area (Å²) in [5, 5.41) is 3.29. The van der Waals surface area contributed by atoms with E-state index in [1.165, 1.54) is 0 Å². The third kappa shape index (κ3) is 2.94. The first kappa shape index (κ1) is 13.6. The van der Waals surface area contributed by atoms with Crippen LogP contribution in [0.15, 0.2) is 6.33 Å². The van der Waals surface area contributed by atoms with E-state index in [0.29, 0.717) is 6.54 Å². The number of rotatable bonds is 4. The molecule has 2 heterocycles. The maximum Gasteiger partial charge on any atom is 0.241 e. The zero-order chi connectivity index (χ0) is 13.8. The number of hydrogen-bond acceptors (Lipinski definition) is 5. The van der Waals surface area contributed by atoms with E-state index in [1.807, 2.05) is 18.9 Å². The van der Waals surface area contributed by atoms with Gasteiger partial charge in [-0.05, 0) is 13.3 Å². The Hall–Kier alpha value is -1.85. The number of carbonyl (C=O) groups excluding carboxylic acids is 1. The third-order valence-corrected chi connectivity index (χ3v) is 3.36. The molecule has 19 heavy (non-hydrogen) atoms. The molecule has 0 aromatic carbocycles. The fourth-order valence-electron chi connectivity index (χ4n) is 2.12. The maximum absolute atomic E-state index is 11.8. The molecule has 0 spiro atoms. The lowest BCUT2D eigenvalue weighted by Gasteiger charge is -2.33. The number of amides is 1. The van der Waals surface area contributed by atoms with Crippen molar-refractivity contribution in [3.63, 3.8) is 0 Å². The zero-order valence-electron chi connectivity index (χ0n) is 11.8. The lowest BCUT2D eigenvalue weighted by molar-refractivity contribution is -0.129. The number of likely N-dealkylation sites (N-methyl/N-ethyl adjacent to an activating group) is 1. The van der Waals surface area contributed by atoms with Gasteiger partial charge in [-0.15, -0.1) is 0 Å². The summed E-state index contributed by atoms with van der Waals surface area (Å²) in [7, 11) is 1.83. The van der Waals surface area contributed by atoms with Crippen LogP contribution in [-0.4, -0.2) is 54.0 Å². The van der Waals surface area contributed by atoms with Crippen LogP contribution in [0.4, 0.5) is 11.6 Å². The standard InChI is InChI=1S/C13H21N5O/c1-4-5-14-12-10(2)13(16-9-15-12)18-7-6-17(3)11(19)8-18/h9H,4-8H2,1-3H3,(H,14,15,16). The SMILES string of the molecule is CCCNc1ncnc(N2CCN(C)C(=O)C2)c1C. The highest BCUT2D eigenvalue weighted by Gasteiger charge is 2.23. The second-order valence-corrected chi connectivity index (χ2v) is 4.83. The molecule has 1 aliphatic heterocycles. The van der Waals surface area contributed by atoms with Crippen molar-refractivity contribution >= 4 is 17.5 Å². The number of piperazine rings is 1. The van der Waals surface area contributed by atoms with Crippen LogP contribution < -0.4 is 10.2 Å². The number of anilines is 2. The Morgan fingerprint density at radius 2 is 2.16 bits per heavy atom. The van der Waals surface area contributed by atoms with Crippen molar-refractivity contribution in [2.45, 2.75) is 20.3 Å². The predicted octanol–water partition coefficient (Wildman–Crippen LogP) is 0.885. The van der Waals surface area contributed by atoms with Crippen molar-refractivity contribution in [3.8, 4) is 0 Å². The monoisotopic (exact) mass is 263 g/mol. The van der Waals surface area contributed by atoms with Crippen LogP contribution >= 0.6 is 0 Å². The van der Waals surface area contributed by atoms with Crippen LogP contribution in [0.1, 0.15) is 18.9 Å². The molecule has 0 bridgehead atoms. The van der Waals surface area contributed by atoms with Crippen LogP contribution in [0.2, 0.25) is 0 Å². The van der Waals surface area contributed by atoms with E-state index in [1.54, 1.807) is 11.2 Å². The molecule has 0 saturated carbocycles. The Morgan fingerprint density at radius 1 is 1.37 bits per heavy atom. The van der Waals surface area contributed by atoms with Crippen LogP contribution in [0.5, 0.6) is 0 Å². The minimum atomic E-state index is 0.132. The van der Waals surface area contributed by atoms with Crippen LogP contribution in [-0.2, 0) is 4.79 Å². The third-order valence-electron chi connectivity index (χ3n) is 3.36. The summed E-state index contributed by atoms with van der Waals surface area (Å²) in [5.74, 6) is 1.85. The minimum Gasteiger partial charge on any atom is -0.370 e. The van der Waals surface area contributed by atoms with Gasteiger partial charge in [0.05, 0.1) is 6.54 Å². The van der Waals surface area contributed by atoms with E-state index in [9.17, 15) is 4.79 Å². The van der Waals surface area contributed by atoms with Gasteiger partial charge >= 0.3 is 0 Å². The molecular formula is C13H21N5O. The molecule has 0 unspecified atom stereocenters. The first-order valence-electron chi connectivity index (χ1n) is 6.68. The van der Waals surface area contributed by atoms with Crippen molar-refractivity contribution in [3.05, 3.63) is 11.9 Å². The van der Waals surface area contributed by atoms with Gasteiger partial charge in [-0.3, -0.25) is 4.79 Å². The molecule has 0 atom stereocenters. The first-order chi connectivity index (χ1) is 9.13. The quantitative estimate of drug-likeness (QED) is 0.874. The molecule has 104 valence electrons. The summed E-state index contributed by atoms with van der Waals surface area (Å²) < 4.78 is 0. The Labute approximate surface area is 113 Å². The molecule has 2 rings (SSSR count). The molecule has 1 N–H and O–H groups in total. The Morgan fingerprint density at radius 3 is 2.84 bits per heavy atom. The fourth-order valence-corrected chi connectivity index (χ4v) is 2.12. The maximum atomic E-state index is 11.8. The first-order valence-corrected chi connectivity index (χ1v) is 6.68. The Balaban J connectivity index is 2.18. The summed E-state index contributed by atoms with van der Waals surface area (Å²) in [6.45, 7) is 6.94.